The van der Waals surface area contributed by atoms with Crippen molar-refractivity contribution in [3.8, 4) is 11.1 Å². The number of nitrogens with one attached hydrogen (secondary N) is 1. The number of nitrogens with zero attached hydrogens (tertiary/aromatic N) is 3. The number of alkyl halides is 2. The van der Waals surface area contributed by atoms with Crippen LogP contribution in [0.3, 0.4) is 0 Å². The third-order valence-electron chi connectivity index (χ3n) is 5.68. The minimum atomic E-state index is -2.60. The zero-order valence-electron chi connectivity index (χ0n) is 18.2. The minimum Gasteiger partial charge on any atom is -0.348 e. The lowest BCUT2D eigenvalue weighted by atomic mass is 9.81. The highest BCUT2D eigenvalue weighted by Gasteiger charge is 2.45. The third-order valence-corrected chi connectivity index (χ3v) is 5.68. The van der Waals surface area contributed by atoms with Crippen molar-refractivity contribution in [2.75, 3.05) is 11.4 Å². The first-order chi connectivity index (χ1) is 15.8. The zero-order valence-corrected chi connectivity index (χ0v) is 18.2. The molecule has 0 saturated heterocycles. The maximum atomic E-state index is 13.2. The van der Waals surface area contributed by atoms with E-state index in [2.05, 4.69) is 15.3 Å². The molecule has 0 spiro atoms. The smallest absolute Gasteiger partial charge is 0.253 e. The number of aromatic nitrogens is 2. The van der Waals surface area contributed by atoms with Crippen LogP contribution >= 0.6 is 0 Å². The van der Waals surface area contributed by atoms with Crippen LogP contribution in [0.25, 0.3) is 11.1 Å². The molecule has 0 bridgehead atoms. The van der Waals surface area contributed by atoms with E-state index in [4.69, 9.17) is 0 Å². The van der Waals surface area contributed by atoms with E-state index in [0.717, 1.165) is 16.7 Å². The van der Waals surface area contributed by atoms with Gasteiger partial charge in [0.15, 0.2) is 0 Å². The van der Waals surface area contributed by atoms with Gasteiger partial charge in [0, 0.05) is 68.9 Å². The average Bonchev–Trinajstić information content (AvgIpc) is 2.80. The molecule has 33 heavy (non-hydrogen) atoms. The second-order valence-electron chi connectivity index (χ2n) is 8.31. The molecule has 2 amide bonds. The van der Waals surface area contributed by atoms with Gasteiger partial charge in [-0.1, -0.05) is 12.1 Å². The van der Waals surface area contributed by atoms with Crippen molar-refractivity contribution in [2.45, 2.75) is 32.2 Å². The Morgan fingerprint density at radius 1 is 1.06 bits per heavy atom. The number of hydrogen-bond donors (Lipinski definition) is 1. The quantitative estimate of drug-likeness (QED) is 0.576. The summed E-state index contributed by atoms with van der Waals surface area (Å²) in [6, 6.07) is 12.7. The highest BCUT2D eigenvalue weighted by Crippen LogP contribution is 2.43. The number of pyridine rings is 2. The Bertz CT molecular complexity index is 1130. The standard InChI is InChI=1S/C25H24F2N4O2/c1-17(32)31(16-19-10-25(26,27)11-19)23-6-4-20(5-7-23)22-9-18(12-29-15-22)13-30-24(33)21-3-2-8-28-14-21/h2-9,12,14-15,19H,10-11,13,16H2,1H3,(H,30,33). The van der Waals surface area contributed by atoms with E-state index in [0.29, 0.717) is 17.8 Å². The van der Waals surface area contributed by atoms with Gasteiger partial charge in [-0.25, -0.2) is 8.78 Å². The van der Waals surface area contributed by atoms with E-state index in [1.54, 1.807) is 35.6 Å². The molecule has 0 atom stereocenters. The summed E-state index contributed by atoms with van der Waals surface area (Å²) >= 11 is 0. The molecule has 4 rings (SSSR count). The molecule has 0 aliphatic heterocycles. The summed E-state index contributed by atoms with van der Waals surface area (Å²) in [5.74, 6) is -3.18. The van der Waals surface area contributed by atoms with Crippen molar-refractivity contribution in [3.05, 3.63) is 78.4 Å². The van der Waals surface area contributed by atoms with Gasteiger partial charge in [-0.05, 0) is 47.4 Å². The number of carbonyl (C=O) groups excluding carboxylic acids is 2. The van der Waals surface area contributed by atoms with Crippen LogP contribution in [0, 0.1) is 5.92 Å². The second-order valence-corrected chi connectivity index (χ2v) is 8.31. The Hall–Kier alpha value is -3.68. The van der Waals surface area contributed by atoms with Crippen LogP contribution in [-0.2, 0) is 11.3 Å². The summed E-state index contributed by atoms with van der Waals surface area (Å²) < 4.78 is 26.3. The molecule has 1 aliphatic rings. The van der Waals surface area contributed by atoms with Crippen molar-refractivity contribution in [1.29, 1.82) is 0 Å². The number of amides is 2. The summed E-state index contributed by atoms with van der Waals surface area (Å²) in [6.07, 6.45) is 6.17. The number of hydrogen-bond acceptors (Lipinski definition) is 4. The third kappa shape index (κ3) is 5.58. The van der Waals surface area contributed by atoms with Gasteiger partial charge >= 0.3 is 0 Å². The SMILES string of the molecule is CC(=O)N(CC1CC(F)(F)C1)c1ccc(-c2cncc(CNC(=O)c3cccnc3)c2)cc1. The first kappa shape index (κ1) is 22.5. The molecule has 3 aromatic rings. The molecule has 1 fully saturated rings. The Morgan fingerprint density at radius 2 is 1.82 bits per heavy atom. The molecule has 1 N–H and O–H groups in total. The van der Waals surface area contributed by atoms with Crippen LogP contribution in [0.15, 0.2) is 67.3 Å². The van der Waals surface area contributed by atoms with E-state index in [1.165, 1.54) is 13.1 Å². The normalized spacial score (nSPS) is 14.9. The Morgan fingerprint density at radius 3 is 2.45 bits per heavy atom. The summed E-state index contributed by atoms with van der Waals surface area (Å²) in [4.78, 5) is 34.1. The van der Waals surface area contributed by atoms with E-state index < -0.39 is 5.92 Å². The number of halogens is 2. The summed E-state index contributed by atoms with van der Waals surface area (Å²) in [7, 11) is 0. The molecular formula is C25H24F2N4O2. The summed E-state index contributed by atoms with van der Waals surface area (Å²) in [5.41, 5.74) is 3.75. The van der Waals surface area contributed by atoms with Crippen LogP contribution in [0.4, 0.5) is 14.5 Å². The van der Waals surface area contributed by atoms with Crippen LogP contribution in [0.1, 0.15) is 35.7 Å². The minimum absolute atomic E-state index is 0.175. The monoisotopic (exact) mass is 450 g/mol. The molecule has 1 aromatic carbocycles. The zero-order chi connectivity index (χ0) is 23.4. The largest absolute Gasteiger partial charge is 0.348 e. The maximum absolute atomic E-state index is 13.2. The van der Waals surface area contributed by atoms with Crippen molar-refractivity contribution in [2.24, 2.45) is 5.92 Å². The Kier molecular flexibility index (Phi) is 6.44. The first-order valence-electron chi connectivity index (χ1n) is 10.7. The topological polar surface area (TPSA) is 75.2 Å². The maximum Gasteiger partial charge on any atom is 0.253 e. The van der Waals surface area contributed by atoms with E-state index in [9.17, 15) is 18.4 Å². The lowest BCUT2D eigenvalue weighted by Crippen LogP contribution is -2.44. The van der Waals surface area contributed by atoms with Crippen molar-refractivity contribution >= 4 is 17.5 Å². The van der Waals surface area contributed by atoms with Gasteiger partial charge in [-0.2, -0.15) is 0 Å². The summed E-state index contributed by atoms with van der Waals surface area (Å²) in [6.45, 7) is 2.05. The van der Waals surface area contributed by atoms with Crippen LogP contribution in [0.2, 0.25) is 0 Å². The van der Waals surface area contributed by atoms with Crippen molar-refractivity contribution < 1.29 is 18.4 Å². The Balaban J connectivity index is 1.42. The lowest BCUT2D eigenvalue weighted by Gasteiger charge is -2.38. The highest BCUT2D eigenvalue weighted by molar-refractivity contribution is 5.93. The van der Waals surface area contributed by atoms with Gasteiger partial charge in [-0.3, -0.25) is 19.6 Å². The molecule has 0 unspecified atom stereocenters. The second kappa shape index (κ2) is 9.44. The van der Waals surface area contributed by atoms with Gasteiger partial charge in [0.25, 0.3) is 5.91 Å². The van der Waals surface area contributed by atoms with Gasteiger partial charge in [-0.15, -0.1) is 0 Å². The molecule has 0 radical (unpaired) electrons. The molecule has 1 aliphatic carbocycles. The molecule has 6 nitrogen and oxygen atoms in total. The highest BCUT2D eigenvalue weighted by atomic mass is 19.3. The molecule has 1 saturated carbocycles. The van der Waals surface area contributed by atoms with E-state index in [-0.39, 0.29) is 37.1 Å². The average molecular weight is 450 g/mol. The van der Waals surface area contributed by atoms with Crippen LogP contribution < -0.4 is 10.2 Å². The van der Waals surface area contributed by atoms with Gasteiger partial charge in [0.1, 0.15) is 0 Å². The molecule has 2 heterocycles. The van der Waals surface area contributed by atoms with Crippen molar-refractivity contribution in [1.82, 2.24) is 15.3 Å². The fourth-order valence-electron chi connectivity index (χ4n) is 3.95. The fraction of sp³-hybridized carbons (Fsp3) is 0.280. The number of rotatable bonds is 7. The molecular weight excluding hydrogens is 426 g/mol. The van der Waals surface area contributed by atoms with Gasteiger partial charge < -0.3 is 10.2 Å². The van der Waals surface area contributed by atoms with E-state index in [1.807, 2.05) is 30.3 Å². The van der Waals surface area contributed by atoms with Crippen LogP contribution in [-0.4, -0.2) is 34.2 Å². The number of benzene rings is 1. The predicted molar refractivity (Wildman–Crippen MR) is 121 cm³/mol. The van der Waals surface area contributed by atoms with E-state index >= 15 is 0 Å². The Labute approximate surface area is 190 Å². The number of carbonyl (C=O) groups is 2. The number of anilines is 1. The molecule has 2 aromatic heterocycles. The summed E-state index contributed by atoms with van der Waals surface area (Å²) in [5, 5.41) is 2.85. The predicted octanol–water partition coefficient (Wildman–Crippen LogP) is 4.47. The van der Waals surface area contributed by atoms with Gasteiger partial charge in [0.05, 0.1) is 5.56 Å². The van der Waals surface area contributed by atoms with Crippen molar-refractivity contribution in [3.63, 3.8) is 0 Å². The first-order valence-corrected chi connectivity index (χ1v) is 10.7. The van der Waals surface area contributed by atoms with Gasteiger partial charge in [0.2, 0.25) is 11.8 Å². The lowest BCUT2D eigenvalue weighted by molar-refractivity contribution is -0.121. The molecule has 170 valence electrons. The molecule has 8 heteroatoms. The van der Waals surface area contributed by atoms with Crippen LogP contribution in [0.5, 0.6) is 0 Å². The fourth-order valence-corrected chi connectivity index (χ4v) is 3.95.